The zero-order valence-corrected chi connectivity index (χ0v) is 17.4. The molecule has 0 radical (unpaired) electrons. The minimum atomic E-state index is -3.52. The number of amides is 1. The summed E-state index contributed by atoms with van der Waals surface area (Å²) >= 11 is 0. The maximum atomic E-state index is 13.1. The Labute approximate surface area is 171 Å². The number of rotatable bonds is 3. The van der Waals surface area contributed by atoms with Gasteiger partial charge in [-0.05, 0) is 36.8 Å². The molecule has 2 aliphatic heterocycles. The number of ether oxygens (including phenoxy) is 1. The maximum Gasteiger partial charge on any atom is 0.265 e. The highest BCUT2D eigenvalue weighted by atomic mass is 32.2. The number of sulfonamides is 1. The fourth-order valence-corrected chi connectivity index (χ4v) is 4.74. The Kier molecular flexibility index (Phi) is 5.12. The van der Waals surface area contributed by atoms with Gasteiger partial charge in [-0.3, -0.25) is 9.10 Å². The molecule has 2 aliphatic rings. The Hall–Kier alpha value is -2.74. The van der Waals surface area contributed by atoms with Crippen LogP contribution >= 0.6 is 0 Å². The van der Waals surface area contributed by atoms with E-state index in [2.05, 4.69) is 17.0 Å². The maximum absolute atomic E-state index is 13.1. The van der Waals surface area contributed by atoms with Crippen molar-refractivity contribution < 1.29 is 17.9 Å². The van der Waals surface area contributed by atoms with Crippen LogP contribution < -0.4 is 13.9 Å². The number of carbonyl (C=O) groups is 1. The van der Waals surface area contributed by atoms with Gasteiger partial charge in [0.25, 0.3) is 5.91 Å². The summed E-state index contributed by atoms with van der Waals surface area (Å²) in [6, 6.07) is 15.5. The van der Waals surface area contributed by atoms with Crippen molar-refractivity contribution in [3.05, 3.63) is 54.1 Å². The van der Waals surface area contributed by atoms with Crippen LogP contribution in [0, 0.1) is 6.92 Å². The smallest absolute Gasteiger partial charge is 0.265 e. The van der Waals surface area contributed by atoms with Crippen LogP contribution in [0.15, 0.2) is 48.5 Å². The van der Waals surface area contributed by atoms with Crippen molar-refractivity contribution in [1.82, 2.24) is 4.90 Å². The number of benzene rings is 2. The average molecular weight is 416 g/mol. The number of hydrogen-bond donors (Lipinski definition) is 0. The van der Waals surface area contributed by atoms with Crippen molar-refractivity contribution in [2.45, 2.75) is 13.0 Å². The predicted molar refractivity (Wildman–Crippen MR) is 113 cm³/mol. The molecule has 2 aromatic carbocycles. The summed E-state index contributed by atoms with van der Waals surface area (Å²) in [6.45, 7) is 4.50. The first-order valence-electron chi connectivity index (χ1n) is 9.67. The van der Waals surface area contributed by atoms with E-state index in [1.54, 1.807) is 17.0 Å². The summed E-state index contributed by atoms with van der Waals surface area (Å²) < 4.78 is 31.9. The quantitative estimate of drug-likeness (QED) is 0.766. The summed E-state index contributed by atoms with van der Waals surface area (Å²) in [5.74, 6) is 0.256. The lowest BCUT2D eigenvalue weighted by Crippen LogP contribution is -2.56. The first-order chi connectivity index (χ1) is 13.8. The summed E-state index contributed by atoms with van der Waals surface area (Å²) in [6.07, 6.45) is 0.313. The van der Waals surface area contributed by atoms with Crippen LogP contribution in [-0.2, 0) is 14.8 Å². The molecule has 0 unspecified atom stereocenters. The number of anilines is 2. The molecule has 2 heterocycles. The largest absolute Gasteiger partial charge is 0.476 e. The molecule has 1 saturated heterocycles. The number of carbonyl (C=O) groups excluding carboxylic acids is 1. The molecule has 0 aliphatic carbocycles. The zero-order valence-electron chi connectivity index (χ0n) is 16.6. The van der Waals surface area contributed by atoms with E-state index >= 15 is 0 Å². The van der Waals surface area contributed by atoms with Gasteiger partial charge in [-0.15, -0.1) is 0 Å². The average Bonchev–Trinajstić information content (AvgIpc) is 2.72. The summed E-state index contributed by atoms with van der Waals surface area (Å²) in [5.41, 5.74) is 2.56. The molecule has 0 saturated carbocycles. The van der Waals surface area contributed by atoms with Crippen LogP contribution in [-0.4, -0.2) is 64.3 Å². The van der Waals surface area contributed by atoms with Gasteiger partial charge in [-0.25, -0.2) is 8.42 Å². The third-order valence-corrected chi connectivity index (χ3v) is 6.52. The molecule has 7 nitrogen and oxygen atoms in total. The van der Waals surface area contributed by atoms with E-state index in [1.165, 1.54) is 4.31 Å². The van der Waals surface area contributed by atoms with Crippen LogP contribution in [0.5, 0.6) is 5.75 Å². The standard InChI is InChI=1S/C21H25N3O4S/c1-16-8-9-19-18(14-16)24(29(2,26)27)15-20(28-19)21(25)23-12-10-22(11-13-23)17-6-4-3-5-7-17/h3-9,14,20H,10-13,15H2,1-2H3/t20-/m0/s1. The van der Waals surface area contributed by atoms with Crippen molar-refractivity contribution in [3.63, 3.8) is 0 Å². The minimum Gasteiger partial charge on any atom is -0.476 e. The van der Waals surface area contributed by atoms with Gasteiger partial charge in [-0.1, -0.05) is 24.3 Å². The lowest BCUT2D eigenvalue weighted by molar-refractivity contribution is -0.138. The van der Waals surface area contributed by atoms with Gasteiger partial charge < -0.3 is 14.5 Å². The molecule has 1 atom stereocenters. The molecule has 2 aromatic rings. The number of aryl methyl sites for hydroxylation is 1. The van der Waals surface area contributed by atoms with E-state index in [4.69, 9.17) is 4.74 Å². The molecular weight excluding hydrogens is 390 g/mol. The van der Waals surface area contributed by atoms with E-state index in [0.29, 0.717) is 24.5 Å². The second-order valence-electron chi connectivity index (χ2n) is 7.52. The van der Waals surface area contributed by atoms with Crippen LogP contribution in [0.2, 0.25) is 0 Å². The van der Waals surface area contributed by atoms with Gasteiger partial charge in [0.05, 0.1) is 18.5 Å². The van der Waals surface area contributed by atoms with Crippen LogP contribution in [0.25, 0.3) is 0 Å². The van der Waals surface area contributed by atoms with Gasteiger partial charge >= 0.3 is 0 Å². The lowest BCUT2D eigenvalue weighted by Gasteiger charge is -2.40. The third-order valence-electron chi connectivity index (χ3n) is 5.37. The monoisotopic (exact) mass is 415 g/mol. The molecule has 4 rings (SSSR count). The van der Waals surface area contributed by atoms with Gasteiger partial charge in [0.2, 0.25) is 10.0 Å². The molecular formula is C21H25N3O4S. The summed E-state index contributed by atoms with van der Waals surface area (Å²) in [4.78, 5) is 17.1. The molecule has 1 amide bonds. The predicted octanol–water partition coefficient (Wildman–Crippen LogP) is 1.87. The van der Waals surface area contributed by atoms with E-state index in [1.807, 2.05) is 31.2 Å². The molecule has 0 spiro atoms. The van der Waals surface area contributed by atoms with E-state index in [9.17, 15) is 13.2 Å². The number of piperazine rings is 1. The normalized spacial score (nSPS) is 19.5. The van der Waals surface area contributed by atoms with Gasteiger partial charge in [0.15, 0.2) is 6.10 Å². The third kappa shape index (κ3) is 4.03. The van der Waals surface area contributed by atoms with Crippen LogP contribution in [0.1, 0.15) is 5.56 Å². The molecule has 0 aromatic heterocycles. The summed E-state index contributed by atoms with van der Waals surface area (Å²) in [7, 11) is -3.52. The highest BCUT2D eigenvalue weighted by Crippen LogP contribution is 2.36. The molecule has 0 N–H and O–H groups in total. The lowest BCUT2D eigenvalue weighted by atomic mass is 10.1. The van der Waals surface area contributed by atoms with Crippen molar-refractivity contribution in [3.8, 4) is 5.75 Å². The Morgan fingerprint density at radius 2 is 1.72 bits per heavy atom. The van der Waals surface area contributed by atoms with Crippen LogP contribution in [0.4, 0.5) is 11.4 Å². The fourth-order valence-electron chi connectivity index (χ4n) is 3.83. The number of para-hydroxylation sites is 1. The van der Waals surface area contributed by atoms with Gasteiger partial charge in [-0.2, -0.15) is 0 Å². The molecule has 0 bridgehead atoms. The zero-order chi connectivity index (χ0) is 20.6. The molecule has 8 heteroatoms. The van der Waals surface area contributed by atoms with Gasteiger partial charge in [0, 0.05) is 31.9 Å². The van der Waals surface area contributed by atoms with Crippen molar-refractivity contribution >= 4 is 27.3 Å². The van der Waals surface area contributed by atoms with E-state index in [-0.39, 0.29) is 12.5 Å². The number of nitrogens with zero attached hydrogens (tertiary/aromatic N) is 3. The SMILES string of the molecule is Cc1ccc2c(c1)N(S(C)(=O)=O)C[C@@H](C(=O)N1CCN(c3ccccc3)CC1)O2. The Morgan fingerprint density at radius 3 is 2.38 bits per heavy atom. The van der Waals surface area contributed by atoms with Crippen molar-refractivity contribution in [2.75, 3.05) is 48.2 Å². The first kappa shape index (κ1) is 19.6. The highest BCUT2D eigenvalue weighted by molar-refractivity contribution is 7.92. The highest BCUT2D eigenvalue weighted by Gasteiger charge is 2.37. The second-order valence-corrected chi connectivity index (χ2v) is 9.43. The Morgan fingerprint density at radius 1 is 1.03 bits per heavy atom. The van der Waals surface area contributed by atoms with Crippen molar-refractivity contribution in [1.29, 1.82) is 0 Å². The molecule has 154 valence electrons. The van der Waals surface area contributed by atoms with Crippen LogP contribution in [0.3, 0.4) is 0 Å². The number of fused-ring (bicyclic) bond motifs is 1. The number of hydrogen-bond acceptors (Lipinski definition) is 5. The van der Waals surface area contributed by atoms with E-state index in [0.717, 1.165) is 30.6 Å². The summed E-state index contributed by atoms with van der Waals surface area (Å²) in [5, 5.41) is 0. The van der Waals surface area contributed by atoms with Crippen molar-refractivity contribution in [2.24, 2.45) is 0 Å². The van der Waals surface area contributed by atoms with E-state index < -0.39 is 16.1 Å². The topological polar surface area (TPSA) is 70.2 Å². The fraction of sp³-hybridized carbons (Fsp3) is 0.381. The van der Waals surface area contributed by atoms with Gasteiger partial charge in [0.1, 0.15) is 5.75 Å². The Balaban J connectivity index is 1.49. The Bertz CT molecular complexity index is 1000. The molecule has 1 fully saturated rings. The second kappa shape index (κ2) is 7.59. The minimum absolute atomic E-state index is 0.00693. The first-order valence-corrected chi connectivity index (χ1v) is 11.5. The molecule has 29 heavy (non-hydrogen) atoms.